The largest absolute Gasteiger partial charge is 0.490 e. The number of aryl methyl sites for hydroxylation is 1. The Balaban J connectivity index is 1.37. The highest BCUT2D eigenvalue weighted by Gasteiger charge is 2.17. The number of hydrogen-bond donors (Lipinski definition) is 2. The second-order valence-corrected chi connectivity index (χ2v) is 8.13. The van der Waals surface area contributed by atoms with E-state index in [0.29, 0.717) is 50.0 Å². The van der Waals surface area contributed by atoms with Crippen LogP contribution in [-0.2, 0) is 9.53 Å². The Morgan fingerprint density at radius 3 is 2.78 bits per heavy atom. The third-order valence-corrected chi connectivity index (χ3v) is 5.46. The molecule has 11 heteroatoms. The molecule has 0 radical (unpaired) electrons. The number of para-hydroxylation sites is 1. The van der Waals surface area contributed by atoms with Gasteiger partial charge in [0.05, 0.1) is 32.2 Å². The molecule has 10 nitrogen and oxygen atoms in total. The third kappa shape index (κ3) is 7.14. The summed E-state index contributed by atoms with van der Waals surface area (Å²) in [6.07, 6.45) is 2.67. The first-order chi connectivity index (χ1) is 18.0. The molecule has 2 heterocycles. The molecule has 1 aliphatic heterocycles. The quantitative estimate of drug-likeness (QED) is 0.316. The highest BCUT2D eigenvalue weighted by atomic mass is 19.1. The molecule has 194 valence electrons. The molecule has 0 saturated carbocycles. The van der Waals surface area contributed by atoms with E-state index in [0.717, 1.165) is 17.4 Å². The first-order valence-electron chi connectivity index (χ1n) is 11.9. The predicted molar refractivity (Wildman–Crippen MR) is 139 cm³/mol. The van der Waals surface area contributed by atoms with Gasteiger partial charge in [0.2, 0.25) is 5.95 Å². The number of nitrogens with zero attached hydrogens (tertiary/aromatic N) is 4. The maximum atomic E-state index is 14.2. The summed E-state index contributed by atoms with van der Waals surface area (Å²) in [7, 11) is 0. The summed E-state index contributed by atoms with van der Waals surface area (Å²) in [5.41, 5.74) is 5.15. The molecule has 1 amide bonds. The molecule has 1 aromatic heterocycles. The second-order valence-electron chi connectivity index (χ2n) is 8.13. The van der Waals surface area contributed by atoms with Crippen LogP contribution in [0.1, 0.15) is 18.1 Å². The van der Waals surface area contributed by atoms with Gasteiger partial charge in [-0.15, -0.1) is 0 Å². The fourth-order valence-electron chi connectivity index (χ4n) is 3.61. The molecule has 3 aromatic rings. The first kappa shape index (κ1) is 25.8. The predicted octanol–water partition coefficient (Wildman–Crippen LogP) is 3.62. The Hall–Kier alpha value is -4.25. The van der Waals surface area contributed by atoms with Gasteiger partial charge in [0.1, 0.15) is 0 Å². The molecule has 4 rings (SSSR count). The molecule has 1 aliphatic rings. The minimum Gasteiger partial charge on any atom is -0.490 e. The number of rotatable bonds is 10. The van der Waals surface area contributed by atoms with Crippen LogP contribution in [0, 0.1) is 12.7 Å². The van der Waals surface area contributed by atoms with Crippen LogP contribution in [0.5, 0.6) is 11.5 Å². The highest BCUT2D eigenvalue weighted by molar-refractivity contribution is 5.92. The molecule has 0 aliphatic carbocycles. The number of morpholine rings is 1. The van der Waals surface area contributed by atoms with Crippen molar-refractivity contribution in [3.63, 3.8) is 0 Å². The number of ether oxygens (including phenoxy) is 3. The number of halogens is 1. The molecule has 0 bridgehead atoms. The van der Waals surface area contributed by atoms with Crippen molar-refractivity contribution in [2.75, 3.05) is 55.2 Å². The number of nitrogens with one attached hydrogen (secondary N) is 2. The lowest BCUT2D eigenvalue weighted by Crippen LogP contribution is -2.37. The van der Waals surface area contributed by atoms with Gasteiger partial charge in [0, 0.05) is 18.8 Å². The Bertz CT molecular complexity index is 1250. The minimum absolute atomic E-state index is 0.170. The number of amides is 1. The minimum atomic E-state index is -0.499. The Labute approximate surface area is 214 Å². The van der Waals surface area contributed by atoms with Crippen LogP contribution in [0.15, 0.2) is 53.8 Å². The number of benzene rings is 2. The van der Waals surface area contributed by atoms with Crippen LogP contribution in [0.2, 0.25) is 0 Å². The lowest BCUT2D eigenvalue weighted by molar-refractivity contribution is -0.118. The topological polar surface area (TPSA) is 110 Å². The highest BCUT2D eigenvalue weighted by Crippen LogP contribution is 2.28. The van der Waals surface area contributed by atoms with Crippen molar-refractivity contribution in [1.29, 1.82) is 0 Å². The number of carbonyl (C=O) groups is 1. The second kappa shape index (κ2) is 12.6. The fraction of sp³-hybridized carbons (Fsp3) is 0.308. The lowest BCUT2D eigenvalue weighted by atomic mass is 10.2. The van der Waals surface area contributed by atoms with Crippen molar-refractivity contribution < 1.29 is 23.4 Å². The van der Waals surface area contributed by atoms with E-state index in [4.69, 9.17) is 14.2 Å². The molecule has 2 N–H and O–H groups in total. The monoisotopic (exact) mass is 508 g/mol. The van der Waals surface area contributed by atoms with E-state index in [-0.39, 0.29) is 24.3 Å². The summed E-state index contributed by atoms with van der Waals surface area (Å²) in [5, 5.41) is 7.00. The molecule has 0 spiro atoms. The van der Waals surface area contributed by atoms with E-state index >= 15 is 0 Å². The zero-order valence-electron chi connectivity index (χ0n) is 20.7. The number of hydrogen-bond acceptors (Lipinski definition) is 9. The van der Waals surface area contributed by atoms with Crippen LogP contribution in [0.25, 0.3) is 0 Å². The van der Waals surface area contributed by atoms with Gasteiger partial charge in [0.15, 0.2) is 29.7 Å². The van der Waals surface area contributed by atoms with Crippen LogP contribution >= 0.6 is 0 Å². The van der Waals surface area contributed by atoms with Gasteiger partial charge in [-0.1, -0.05) is 18.2 Å². The van der Waals surface area contributed by atoms with Crippen LogP contribution in [0.4, 0.5) is 21.8 Å². The van der Waals surface area contributed by atoms with E-state index in [9.17, 15) is 9.18 Å². The van der Waals surface area contributed by atoms with E-state index in [1.54, 1.807) is 24.4 Å². The Morgan fingerprint density at radius 2 is 2.00 bits per heavy atom. The molecular formula is C26H29FN6O4. The third-order valence-electron chi connectivity index (χ3n) is 5.46. The molecule has 1 fully saturated rings. The summed E-state index contributed by atoms with van der Waals surface area (Å²) < 4.78 is 30.9. The van der Waals surface area contributed by atoms with Crippen molar-refractivity contribution in [1.82, 2.24) is 9.97 Å². The maximum absolute atomic E-state index is 14.2. The molecule has 1 saturated heterocycles. The van der Waals surface area contributed by atoms with Gasteiger partial charge in [-0.05, 0) is 49.2 Å². The van der Waals surface area contributed by atoms with Crippen LogP contribution in [0.3, 0.4) is 0 Å². The molecule has 0 atom stereocenters. The Morgan fingerprint density at radius 1 is 1.19 bits per heavy atom. The van der Waals surface area contributed by atoms with Crippen LogP contribution in [-0.4, -0.2) is 61.6 Å². The van der Waals surface area contributed by atoms with E-state index < -0.39 is 5.82 Å². The summed E-state index contributed by atoms with van der Waals surface area (Å²) in [6.45, 7) is 6.17. The van der Waals surface area contributed by atoms with Gasteiger partial charge in [-0.25, -0.2) is 14.8 Å². The lowest BCUT2D eigenvalue weighted by Gasteiger charge is -2.27. The standard InChI is InChI=1S/C26H29FN6O4/c1-3-36-23-14-19(8-9-22(23)37-17-24(34)30-21-7-5-4-6-18(21)2)15-29-32-26-28-16-20(27)25(31-26)33-10-12-35-13-11-33/h4-9,14-16H,3,10-13,17H2,1-2H3,(H,30,34)(H,28,31,32). The number of aromatic nitrogens is 2. The molecule has 0 unspecified atom stereocenters. The molecular weight excluding hydrogens is 479 g/mol. The molecule has 2 aromatic carbocycles. The SMILES string of the molecule is CCOc1cc(C=NNc2ncc(F)c(N3CCOCC3)n2)ccc1OCC(=O)Nc1ccccc1C. The van der Waals surface area contributed by atoms with Crippen molar-refractivity contribution in [3.8, 4) is 11.5 Å². The average molecular weight is 509 g/mol. The van der Waals surface area contributed by atoms with Gasteiger partial charge in [-0.2, -0.15) is 10.1 Å². The van der Waals surface area contributed by atoms with Gasteiger partial charge in [0.25, 0.3) is 5.91 Å². The van der Waals surface area contributed by atoms with Crippen molar-refractivity contribution in [2.45, 2.75) is 13.8 Å². The summed E-state index contributed by atoms with van der Waals surface area (Å²) in [6, 6.07) is 12.7. The summed E-state index contributed by atoms with van der Waals surface area (Å²) in [5.74, 6) is 0.515. The fourth-order valence-corrected chi connectivity index (χ4v) is 3.61. The number of carbonyl (C=O) groups excluding carboxylic acids is 1. The van der Waals surface area contributed by atoms with Gasteiger partial charge < -0.3 is 24.4 Å². The van der Waals surface area contributed by atoms with Gasteiger partial charge >= 0.3 is 0 Å². The smallest absolute Gasteiger partial charge is 0.262 e. The zero-order chi connectivity index (χ0) is 26.0. The van der Waals surface area contributed by atoms with Crippen molar-refractivity contribution >= 4 is 29.6 Å². The summed E-state index contributed by atoms with van der Waals surface area (Å²) >= 11 is 0. The van der Waals surface area contributed by atoms with Gasteiger partial charge in [-0.3, -0.25) is 4.79 Å². The maximum Gasteiger partial charge on any atom is 0.262 e. The van der Waals surface area contributed by atoms with Crippen molar-refractivity contribution in [3.05, 3.63) is 65.6 Å². The average Bonchev–Trinajstić information content (AvgIpc) is 2.91. The first-order valence-corrected chi connectivity index (χ1v) is 11.9. The van der Waals surface area contributed by atoms with E-state index in [1.165, 1.54) is 0 Å². The van der Waals surface area contributed by atoms with E-state index in [1.807, 2.05) is 43.0 Å². The Kier molecular flexibility index (Phi) is 8.82. The van der Waals surface area contributed by atoms with Crippen molar-refractivity contribution in [2.24, 2.45) is 5.10 Å². The zero-order valence-corrected chi connectivity index (χ0v) is 20.7. The number of hydrazone groups is 1. The van der Waals surface area contributed by atoms with E-state index in [2.05, 4.69) is 25.8 Å². The number of anilines is 3. The molecule has 37 heavy (non-hydrogen) atoms. The van der Waals surface area contributed by atoms with Crippen LogP contribution < -0.4 is 25.1 Å². The normalized spacial score (nSPS) is 13.4. The summed E-state index contributed by atoms with van der Waals surface area (Å²) in [4.78, 5) is 22.3.